The number of aryl methyl sites for hydroxylation is 3. The number of carbonyl (C=O) groups excluding carboxylic acids is 1. The zero-order valence-electron chi connectivity index (χ0n) is 14.7. The van der Waals surface area contributed by atoms with Gasteiger partial charge in [-0.2, -0.15) is 0 Å². The standard InChI is InChI=1S/C17H26N2O4S/c1-5-23-15-10-14(15)19-16(20)6-7-18-24(21,22)17-12(3)8-11(2)9-13(17)4/h8-9,14-15,18H,5-7,10H2,1-4H3,(H,19,20)/t14-,15-/m1/s1. The first-order valence-electron chi connectivity index (χ1n) is 8.23. The largest absolute Gasteiger partial charge is 0.376 e. The third kappa shape index (κ3) is 4.78. The Morgan fingerprint density at radius 1 is 1.25 bits per heavy atom. The predicted octanol–water partition coefficient (Wildman–Crippen LogP) is 1.57. The predicted molar refractivity (Wildman–Crippen MR) is 92.4 cm³/mol. The van der Waals surface area contributed by atoms with Gasteiger partial charge in [0.2, 0.25) is 15.9 Å². The number of ether oxygens (including phenoxy) is 1. The van der Waals surface area contributed by atoms with Gasteiger partial charge in [-0.3, -0.25) is 4.79 Å². The first-order valence-corrected chi connectivity index (χ1v) is 9.71. The first-order chi connectivity index (χ1) is 11.2. The van der Waals surface area contributed by atoms with Crippen molar-refractivity contribution in [1.29, 1.82) is 0 Å². The molecule has 0 unspecified atom stereocenters. The minimum Gasteiger partial charge on any atom is -0.376 e. The van der Waals surface area contributed by atoms with Gasteiger partial charge in [-0.15, -0.1) is 0 Å². The molecule has 0 spiro atoms. The van der Waals surface area contributed by atoms with E-state index in [0.29, 0.717) is 22.6 Å². The van der Waals surface area contributed by atoms with Crippen molar-refractivity contribution in [3.8, 4) is 0 Å². The number of rotatable bonds is 8. The van der Waals surface area contributed by atoms with Gasteiger partial charge in [0.25, 0.3) is 0 Å². The zero-order chi connectivity index (χ0) is 17.9. The Kier molecular flexibility index (Phi) is 6.01. The molecule has 2 rings (SSSR count). The highest BCUT2D eigenvalue weighted by molar-refractivity contribution is 7.89. The molecule has 7 heteroatoms. The molecule has 0 aliphatic heterocycles. The van der Waals surface area contributed by atoms with Crippen LogP contribution < -0.4 is 10.0 Å². The SMILES string of the molecule is CCO[C@@H]1C[C@H]1NC(=O)CCNS(=O)(=O)c1c(C)cc(C)cc1C. The van der Waals surface area contributed by atoms with Gasteiger partial charge in [-0.05, 0) is 45.2 Å². The first kappa shape index (κ1) is 18.9. The molecule has 1 amide bonds. The van der Waals surface area contributed by atoms with E-state index in [0.717, 1.165) is 12.0 Å². The van der Waals surface area contributed by atoms with Crippen LogP contribution in [0.4, 0.5) is 0 Å². The summed E-state index contributed by atoms with van der Waals surface area (Å²) >= 11 is 0. The molecular formula is C17H26N2O4S. The van der Waals surface area contributed by atoms with Crippen LogP contribution in [0.1, 0.15) is 36.5 Å². The lowest BCUT2D eigenvalue weighted by atomic mass is 10.1. The monoisotopic (exact) mass is 354 g/mol. The van der Waals surface area contributed by atoms with Gasteiger partial charge in [0.1, 0.15) is 0 Å². The lowest BCUT2D eigenvalue weighted by Crippen LogP contribution is -2.33. The average Bonchev–Trinajstić information content (AvgIpc) is 3.14. The van der Waals surface area contributed by atoms with Gasteiger partial charge in [-0.25, -0.2) is 13.1 Å². The maximum atomic E-state index is 12.5. The maximum absolute atomic E-state index is 12.5. The molecule has 2 N–H and O–H groups in total. The second-order valence-electron chi connectivity index (χ2n) is 6.28. The number of carbonyl (C=O) groups is 1. The van der Waals surface area contributed by atoms with Crippen molar-refractivity contribution in [1.82, 2.24) is 10.0 Å². The molecule has 1 aliphatic carbocycles. The van der Waals surface area contributed by atoms with E-state index in [1.807, 2.05) is 26.0 Å². The van der Waals surface area contributed by atoms with Gasteiger partial charge in [0.05, 0.1) is 17.0 Å². The molecule has 1 aromatic rings. The van der Waals surface area contributed by atoms with Crippen molar-refractivity contribution in [2.45, 2.75) is 57.6 Å². The van der Waals surface area contributed by atoms with E-state index in [-0.39, 0.29) is 31.0 Å². The number of hydrogen-bond acceptors (Lipinski definition) is 4. The number of hydrogen-bond donors (Lipinski definition) is 2. The molecular weight excluding hydrogens is 328 g/mol. The smallest absolute Gasteiger partial charge is 0.241 e. The minimum absolute atomic E-state index is 0.0654. The summed E-state index contributed by atoms with van der Waals surface area (Å²) in [5.41, 5.74) is 2.44. The number of nitrogens with one attached hydrogen (secondary N) is 2. The van der Waals surface area contributed by atoms with Crippen molar-refractivity contribution in [3.05, 3.63) is 28.8 Å². The molecule has 2 atom stereocenters. The second kappa shape index (κ2) is 7.63. The van der Waals surface area contributed by atoms with Crippen LogP contribution in [0.3, 0.4) is 0 Å². The highest BCUT2D eigenvalue weighted by Gasteiger charge is 2.38. The Hall–Kier alpha value is -1.44. The summed E-state index contributed by atoms with van der Waals surface area (Å²) in [7, 11) is -3.62. The van der Waals surface area contributed by atoms with E-state index < -0.39 is 10.0 Å². The third-order valence-corrected chi connectivity index (χ3v) is 5.74. The molecule has 0 heterocycles. The lowest BCUT2D eigenvalue weighted by Gasteiger charge is -2.13. The highest BCUT2D eigenvalue weighted by atomic mass is 32.2. The Balaban J connectivity index is 1.86. The molecule has 1 aliphatic rings. The van der Waals surface area contributed by atoms with Crippen LogP contribution in [0.5, 0.6) is 0 Å². The molecule has 1 fully saturated rings. The molecule has 0 bridgehead atoms. The topological polar surface area (TPSA) is 84.5 Å². The molecule has 0 saturated heterocycles. The van der Waals surface area contributed by atoms with Crippen molar-refractivity contribution >= 4 is 15.9 Å². The maximum Gasteiger partial charge on any atom is 0.241 e. The fourth-order valence-corrected chi connectivity index (χ4v) is 4.44. The number of amides is 1. The molecule has 1 saturated carbocycles. The fourth-order valence-electron chi connectivity index (χ4n) is 2.96. The van der Waals surface area contributed by atoms with E-state index in [1.54, 1.807) is 13.8 Å². The van der Waals surface area contributed by atoms with Crippen LogP contribution in [0.25, 0.3) is 0 Å². The normalized spacial score (nSPS) is 20.0. The van der Waals surface area contributed by atoms with Crippen molar-refractivity contribution < 1.29 is 17.9 Å². The van der Waals surface area contributed by atoms with Gasteiger partial charge in [0.15, 0.2) is 0 Å². The summed E-state index contributed by atoms with van der Waals surface area (Å²) in [4.78, 5) is 12.1. The number of benzene rings is 1. The average molecular weight is 354 g/mol. The lowest BCUT2D eigenvalue weighted by molar-refractivity contribution is -0.121. The third-order valence-electron chi connectivity index (χ3n) is 3.98. The second-order valence-corrected chi connectivity index (χ2v) is 7.98. The summed E-state index contributed by atoms with van der Waals surface area (Å²) in [5.74, 6) is -0.165. The molecule has 0 aromatic heterocycles. The van der Waals surface area contributed by atoms with E-state index >= 15 is 0 Å². The van der Waals surface area contributed by atoms with Crippen LogP contribution in [0.15, 0.2) is 17.0 Å². The van der Waals surface area contributed by atoms with Gasteiger partial charge >= 0.3 is 0 Å². The quantitative estimate of drug-likeness (QED) is 0.742. The van der Waals surface area contributed by atoms with Gasteiger partial charge < -0.3 is 10.1 Å². The van der Waals surface area contributed by atoms with E-state index in [1.165, 1.54) is 0 Å². The fraction of sp³-hybridized carbons (Fsp3) is 0.588. The minimum atomic E-state index is -3.62. The summed E-state index contributed by atoms with van der Waals surface area (Å²) in [6.07, 6.45) is 1.04. The summed E-state index contributed by atoms with van der Waals surface area (Å²) in [5, 5.41) is 2.85. The van der Waals surface area contributed by atoms with Crippen LogP contribution in [-0.2, 0) is 19.6 Å². The van der Waals surface area contributed by atoms with Crippen LogP contribution in [0, 0.1) is 20.8 Å². The molecule has 0 radical (unpaired) electrons. The highest BCUT2D eigenvalue weighted by Crippen LogP contribution is 2.25. The molecule has 24 heavy (non-hydrogen) atoms. The Morgan fingerprint density at radius 2 is 1.88 bits per heavy atom. The Bertz CT molecular complexity index is 692. The Morgan fingerprint density at radius 3 is 2.46 bits per heavy atom. The Labute approximate surface area is 144 Å². The summed E-state index contributed by atoms with van der Waals surface area (Å²) in [6, 6.07) is 3.75. The molecule has 134 valence electrons. The van der Waals surface area contributed by atoms with Crippen LogP contribution >= 0.6 is 0 Å². The van der Waals surface area contributed by atoms with Crippen molar-refractivity contribution in [2.75, 3.05) is 13.2 Å². The van der Waals surface area contributed by atoms with Crippen LogP contribution in [-0.4, -0.2) is 39.6 Å². The van der Waals surface area contributed by atoms with Crippen molar-refractivity contribution in [2.24, 2.45) is 0 Å². The molecule has 1 aromatic carbocycles. The van der Waals surface area contributed by atoms with E-state index in [2.05, 4.69) is 10.0 Å². The van der Waals surface area contributed by atoms with E-state index in [4.69, 9.17) is 4.74 Å². The molecule has 6 nitrogen and oxygen atoms in total. The van der Waals surface area contributed by atoms with Gasteiger partial charge in [0, 0.05) is 19.6 Å². The van der Waals surface area contributed by atoms with Gasteiger partial charge in [-0.1, -0.05) is 17.7 Å². The zero-order valence-corrected chi connectivity index (χ0v) is 15.5. The van der Waals surface area contributed by atoms with Crippen molar-refractivity contribution in [3.63, 3.8) is 0 Å². The van der Waals surface area contributed by atoms with Crippen LogP contribution in [0.2, 0.25) is 0 Å². The summed E-state index contributed by atoms with van der Waals surface area (Å²) < 4.78 is 32.9. The number of sulfonamides is 1. The van der Waals surface area contributed by atoms with E-state index in [9.17, 15) is 13.2 Å². The summed E-state index contributed by atoms with van der Waals surface area (Å²) in [6.45, 7) is 8.12.